The maximum Gasteiger partial charge on any atom is 0.113 e. The van der Waals surface area contributed by atoms with Crippen LogP contribution in [0.5, 0.6) is 0 Å². The SMILES string of the molecule is C(#Cc1ccccn1)/C=C/c1ccccn1. The van der Waals surface area contributed by atoms with Crippen molar-refractivity contribution in [2.45, 2.75) is 0 Å². The second kappa shape index (κ2) is 5.47. The Morgan fingerprint density at radius 1 is 0.938 bits per heavy atom. The molecule has 0 unspecified atom stereocenters. The van der Waals surface area contributed by atoms with Crippen LogP contribution in [-0.2, 0) is 0 Å². The molecule has 0 amide bonds. The first kappa shape index (κ1) is 10.1. The van der Waals surface area contributed by atoms with Gasteiger partial charge in [0.25, 0.3) is 0 Å². The molecule has 0 saturated carbocycles. The van der Waals surface area contributed by atoms with Crippen LogP contribution in [0.25, 0.3) is 6.08 Å². The van der Waals surface area contributed by atoms with Crippen LogP contribution in [0.15, 0.2) is 54.9 Å². The molecule has 2 rings (SSSR count). The van der Waals surface area contributed by atoms with E-state index in [4.69, 9.17) is 0 Å². The molecule has 0 radical (unpaired) electrons. The van der Waals surface area contributed by atoms with E-state index in [2.05, 4.69) is 21.8 Å². The first-order valence-corrected chi connectivity index (χ1v) is 4.95. The van der Waals surface area contributed by atoms with E-state index in [-0.39, 0.29) is 0 Å². The summed E-state index contributed by atoms with van der Waals surface area (Å²) in [5.41, 5.74) is 1.67. The van der Waals surface area contributed by atoms with E-state index in [0.29, 0.717) is 0 Å². The van der Waals surface area contributed by atoms with Crippen LogP contribution in [0.1, 0.15) is 11.4 Å². The van der Waals surface area contributed by atoms with Crippen molar-refractivity contribution in [2.75, 3.05) is 0 Å². The number of aromatic nitrogens is 2. The Morgan fingerprint density at radius 2 is 1.75 bits per heavy atom. The van der Waals surface area contributed by atoms with Crippen molar-refractivity contribution in [3.05, 3.63) is 66.3 Å². The van der Waals surface area contributed by atoms with Crippen molar-refractivity contribution in [3.8, 4) is 11.8 Å². The van der Waals surface area contributed by atoms with Gasteiger partial charge in [0.2, 0.25) is 0 Å². The van der Waals surface area contributed by atoms with E-state index in [1.54, 1.807) is 18.5 Å². The molecular weight excluding hydrogens is 196 g/mol. The lowest BCUT2D eigenvalue weighted by Gasteiger charge is -1.87. The molecule has 76 valence electrons. The molecule has 2 aromatic rings. The van der Waals surface area contributed by atoms with Gasteiger partial charge in [0.05, 0.1) is 5.69 Å². The van der Waals surface area contributed by atoms with Gasteiger partial charge >= 0.3 is 0 Å². The molecule has 0 fully saturated rings. The molecule has 2 aromatic heterocycles. The summed E-state index contributed by atoms with van der Waals surface area (Å²) in [6.45, 7) is 0. The van der Waals surface area contributed by atoms with Crippen molar-refractivity contribution in [1.29, 1.82) is 0 Å². The molecule has 2 nitrogen and oxygen atoms in total. The van der Waals surface area contributed by atoms with E-state index >= 15 is 0 Å². The zero-order valence-electron chi connectivity index (χ0n) is 8.67. The first-order valence-electron chi connectivity index (χ1n) is 4.95. The molecule has 0 N–H and O–H groups in total. The Kier molecular flexibility index (Phi) is 3.47. The summed E-state index contributed by atoms with van der Waals surface area (Å²) >= 11 is 0. The highest BCUT2D eigenvalue weighted by atomic mass is 14.7. The topological polar surface area (TPSA) is 25.8 Å². The minimum atomic E-state index is 0.771. The Hall–Kier alpha value is -2.40. The molecule has 0 atom stereocenters. The molecule has 0 spiro atoms. The minimum Gasteiger partial charge on any atom is -0.257 e. The van der Waals surface area contributed by atoms with Gasteiger partial charge in [-0.15, -0.1) is 0 Å². The highest BCUT2D eigenvalue weighted by Crippen LogP contribution is 1.95. The average molecular weight is 206 g/mol. The number of pyridine rings is 2. The number of rotatable bonds is 1. The highest BCUT2D eigenvalue weighted by Gasteiger charge is 1.82. The van der Waals surface area contributed by atoms with Gasteiger partial charge < -0.3 is 0 Å². The summed E-state index contributed by atoms with van der Waals surface area (Å²) in [4.78, 5) is 8.25. The monoisotopic (exact) mass is 206 g/mol. The summed E-state index contributed by atoms with van der Waals surface area (Å²) < 4.78 is 0. The molecule has 0 saturated heterocycles. The molecule has 0 aliphatic carbocycles. The lowest BCUT2D eigenvalue weighted by Crippen LogP contribution is -1.77. The van der Waals surface area contributed by atoms with Crippen molar-refractivity contribution in [1.82, 2.24) is 9.97 Å². The summed E-state index contributed by atoms with van der Waals surface area (Å²) in [5.74, 6) is 5.86. The van der Waals surface area contributed by atoms with E-state index in [9.17, 15) is 0 Å². The van der Waals surface area contributed by atoms with Crippen LogP contribution in [0.4, 0.5) is 0 Å². The van der Waals surface area contributed by atoms with E-state index in [0.717, 1.165) is 11.4 Å². The molecule has 0 aliphatic heterocycles. The Balaban J connectivity index is 2.03. The van der Waals surface area contributed by atoms with Crippen LogP contribution in [0.2, 0.25) is 0 Å². The fourth-order valence-electron chi connectivity index (χ4n) is 1.15. The third-order valence-electron chi connectivity index (χ3n) is 1.89. The van der Waals surface area contributed by atoms with Crippen LogP contribution < -0.4 is 0 Å². The van der Waals surface area contributed by atoms with Gasteiger partial charge in [-0.2, -0.15) is 0 Å². The minimum absolute atomic E-state index is 0.771. The van der Waals surface area contributed by atoms with Crippen LogP contribution >= 0.6 is 0 Å². The third kappa shape index (κ3) is 3.07. The molecule has 0 aromatic carbocycles. The number of allylic oxidation sites excluding steroid dienone is 1. The largest absolute Gasteiger partial charge is 0.257 e. The number of hydrogen-bond acceptors (Lipinski definition) is 2. The maximum atomic E-state index is 4.15. The van der Waals surface area contributed by atoms with Crippen LogP contribution in [0, 0.1) is 11.8 Å². The van der Waals surface area contributed by atoms with Gasteiger partial charge in [0, 0.05) is 12.4 Å². The second-order valence-electron chi connectivity index (χ2n) is 3.07. The van der Waals surface area contributed by atoms with Crippen molar-refractivity contribution >= 4 is 6.08 Å². The first-order chi connectivity index (χ1) is 7.95. The zero-order valence-corrected chi connectivity index (χ0v) is 8.67. The van der Waals surface area contributed by atoms with Gasteiger partial charge in [-0.3, -0.25) is 4.98 Å². The molecule has 2 heteroatoms. The van der Waals surface area contributed by atoms with Crippen molar-refractivity contribution < 1.29 is 0 Å². The Labute approximate surface area is 94.7 Å². The van der Waals surface area contributed by atoms with Crippen LogP contribution in [0.3, 0.4) is 0 Å². The lowest BCUT2D eigenvalue weighted by molar-refractivity contribution is 1.29. The Bertz CT molecular complexity index is 519. The molecule has 16 heavy (non-hydrogen) atoms. The van der Waals surface area contributed by atoms with Crippen molar-refractivity contribution in [2.24, 2.45) is 0 Å². The zero-order chi connectivity index (χ0) is 11.1. The summed E-state index contributed by atoms with van der Waals surface area (Å²) in [6.07, 6.45) is 7.13. The van der Waals surface area contributed by atoms with Gasteiger partial charge in [-0.25, -0.2) is 4.98 Å². The van der Waals surface area contributed by atoms with Crippen molar-refractivity contribution in [3.63, 3.8) is 0 Å². The van der Waals surface area contributed by atoms with Gasteiger partial charge in [0.1, 0.15) is 5.69 Å². The molecule has 0 aliphatic rings. The summed E-state index contributed by atoms with van der Waals surface area (Å²) in [5, 5.41) is 0. The summed E-state index contributed by atoms with van der Waals surface area (Å²) in [6, 6.07) is 11.4. The molecule has 0 bridgehead atoms. The predicted octanol–water partition coefficient (Wildman–Crippen LogP) is 2.54. The standard InChI is InChI=1S/C14H10N2/c1(7-13-9-3-5-11-15-13)2-8-14-10-4-6-12-16-14/h1,3-7,9-12H/b7-1+. The average Bonchev–Trinajstić information content (AvgIpc) is 2.37. The molecule has 2 heterocycles. The smallest absolute Gasteiger partial charge is 0.113 e. The third-order valence-corrected chi connectivity index (χ3v) is 1.89. The van der Waals surface area contributed by atoms with Crippen LogP contribution in [-0.4, -0.2) is 9.97 Å². The number of hydrogen-bond donors (Lipinski definition) is 0. The summed E-state index contributed by atoms with van der Waals surface area (Å²) in [7, 11) is 0. The van der Waals surface area contributed by atoms with Gasteiger partial charge in [0.15, 0.2) is 0 Å². The van der Waals surface area contributed by atoms with Gasteiger partial charge in [-0.05, 0) is 42.3 Å². The van der Waals surface area contributed by atoms with E-state index in [1.165, 1.54) is 0 Å². The number of nitrogens with zero attached hydrogens (tertiary/aromatic N) is 2. The fourth-order valence-corrected chi connectivity index (χ4v) is 1.15. The van der Waals surface area contributed by atoms with Gasteiger partial charge in [-0.1, -0.05) is 18.1 Å². The normalized spacial score (nSPS) is 9.75. The second-order valence-corrected chi connectivity index (χ2v) is 3.07. The fraction of sp³-hybridized carbons (Fsp3) is 0. The van der Waals surface area contributed by atoms with E-state index in [1.807, 2.05) is 42.5 Å². The predicted molar refractivity (Wildman–Crippen MR) is 64.4 cm³/mol. The highest BCUT2D eigenvalue weighted by molar-refractivity contribution is 5.49. The molecular formula is C14H10N2. The Morgan fingerprint density at radius 3 is 2.44 bits per heavy atom. The quantitative estimate of drug-likeness (QED) is 0.670. The lowest BCUT2D eigenvalue weighted by atomic mass is 10.3. The van der Waals surface area contributed by atoms with E-state index < -0.39 is 0 Å². The maximum absolute atomic E-state index is 4.15.